The molecule has 0 aliphatic heterocycles. The van der Waals surface area contributed by atoms with Crippen LogP contribution in [0.15, 0.2) is 24.3 Å². The molecule has 0 radical (unpaired) electrons. The van der Waals surface area contributed by atoms with E-state index in [1.54, 1.807) is 0 Å². The van der Waals surface area contributed by atoms with E-state index in [9.17, 15) is 0 Å². The van der Waals surface area contributed by atoms with Crippen LogP contribution in [-0.2, 0) is 6.42 Å². The summed E-state index contributed by atoms with van der Waals surface area (Å²) in [4.78, 5) is 8.38. The highest BCUT2D eigenvalue weighted by Gasteiger charge is 2.13. The molecule has 0 atom stereocenters. The van der Waals surface area contributed by atoms with Crippen LogP contribution in [0, 0.1) is 0 Å². The Balaban J connectivity index is 2.50. The van der Waals surface area contributed by atoms with Crippen LogP contribution in [0.4, 0.5) is 11.8 Å². The maximum atomic E-state index is 6.00. The van der Waals surface area contributed by atoms with E-state index < -0.39 is 0 Å². The number of nitrogens with two attached hydrogens (primary N) is 2. The van der Waals surface area contributed by atoms with Gasteiger partial charge in [0, 0.05) is 10.6 Å². The number of rotatable bonds is 4. The standard InChI is InChI=1S/C14H17ClN4/c1-2-3-4-11-12(13(16)19-14(17)18-11)9-5-7-10(15)8-6-9/h5-8H,2-4H2,1H3,(H4,16,17,18,19). The average Bonchev–Trinajstić information content (AvgIpc) is 2.37. The highest BCUT2D eigenvalue weighted by atomic mass is 35.5. The first-order valence-corrected chi connectivity index (χ1v) is 6.67. The number of hydrogen-bond donors (Lipinski definition) is 2. The molecule has 19 heavy (non-hydrogen) atoms. The van der Waals surface area contributed by atoms with Crippen LogP contribution < -0.4 is 11.5 Å². The first-order valence-electron chi connectivity index (χ1n) is 6.29. The van der Waals surface area contributed by atoms with Gasteiger partial charge >= 0.3 is 0 Å². The van der Waals surface area contributed by atoms with Gasteiger partial charge in [0.2, 0.25) is 5.95 Å². The lowest BCUT2D eigenvalue weighted by Gasteiger charge is -2.12. The lowest BCUT2D eigenvalue weighted by atomic mass is 10.0. The molecular formula is C14H17ClN4. The lowest BCUT2D eigenvalue weighted by molar-refractivity contribution is 0.777. The Morgan fingerprint density at radius 2 is 1.79 bits per heavy atom. The van der Waals surface area contributed by atoms with Crippen molar-refractivity contribution < 1.29 is 0 Å². The highest BCUT2D eigenvalue weighted by Crippen LogP contribution is 2.30. The van der Waals surface area contributed by atoms with Crippen LogP contribution in [0.25, 0.3) is 11.1 Å². The predicted molar refractivity (Wildman–Crippen MR) is 79.9 cm³/mol. The molecule has 1 aromatic carbocycles. The quantitative estimate of drug-likeness (QED) is 0.898. The van der Waals surface area contributed by atoms with E-state index in [0.29, 0.717) is 10.8 Å². The van der Waals surface area contributed by atoms with E-state index in [-0.39, 0.29) is 5.95 Å². The fourth-order valence-electron chi connectivity index (χ4n) is 2.00. The zero-order valence-corrected chi connectivity index (χ0v) is 11.6. The highest BCUT2D eigenvalue weighted by molar-refractivity contribution is 6.30. The molecular weight excluding hydrogens is 260 g/mol. The van der Waals surface area contributed by atoms with Crippen LogP contribution in [0.5, 0.6) is 0 Å². The number of nitrogens with zero attached hydrogens (tertiary/aromatic N) is 2. The predicted octanol–water partition coefficient (Wildman–Crippen LogP) is 3.30. The summed E-state index contributed by atoms with van der Waals surface area (Å²) in [5.74, 6) is 0.641. The molecule has 0 aliphatic carbocycles. The molecule has 4 N–H and O–H groups in total. The van der Waals surface area contributed by atoms with Crippen molar-refractivity contribution in [2.45, 2.75) is 26.2 Å². The van der Waals surface area contributed by atoms with Crippen molar-refractivity contribution in [1.29, 1.82) is 0 Å². The lowest BCUT2D eigenvalue weighted by Crippen LogP contribution is -2.06. The molecule has 0 saturated carbocycles. The van der Waals surface area contributed by atoms with Gasteiger partial charge in [0.1, 0.15) is 5.82 Å². The Kier molecular flexibility index (Phi) is 4.22. The fraction of sp³-hybridized carbons (Fsp3) is 0.286. The summed E-state index contributed by atoms with van der Waals surface area (Å²) in [6.07, 6.45) is 2.96. The largest absolute Gasteiger partial charge is 0.383 e. The second kappa shape index (κ2) is 5.89. The first-order chi connectivity index (χ1) is 9.11. The molecule has 0 bridgehead atoms. The Bertz CT molecular complexity index is 566. The molecule has 100 valence electrons. The summed E-state index contributed by atoms with van der Waals surface area (Å²) in [6, 6.07) is 7.50. The van der Waals surface area contributed by atoms with E-state index in [2.05, 4.69) is 16.9 Å². The van der Waals surface area contributed by atoms with Gasteiger partial charge in [0.05, 0.1) is 5.69 Å². The van der Waals surface area contributed by atoms with Crippen molar-refractivity contribution in [2.24, 2.45) is 0 Å². The molecule has 0 aliphatic rings. The molecule has 0 saturated heterocycles. The molecule has 2 rings (SSSR count). The Hall–Kier alpha value is -1.81. The van der Waals surface area contributed by atoms with Gasteiger partial charge in [-0.25, -0.2) is 4.98 Å². The molecule has 4 nitrogen and oxygen atoms in total. The van der Waals surface area contributed by atoms with Gasteiger partial charge in [0.15, 0.2) is 0 Å². The zero-order chi connectivity index (χ0) is 13.8. The number of benzene rings is 1. The third-order valence-corrected chi connectivity index (χ3v) is 3.18. The van der Waals surface area contributed by atoms with Gasteiger partial charge in [-0.1, -0.05) is 37.1 Å². The zero-order valence-electron chi connectivity index (χ0n) is 10.9. The van der Waals surface area contributed by atoms with E-state index in [0.717, 1.165) is 36.1 Å². The Morgan fingerprint density at radius 1 is 1.11 bits per heavy atom. The van der Waals surface area contributed by atoms with Crippen molar-refractivity contribution >= 4 is 23.4 Å². The summed E-state index contributed by atoms with van der Waals surface area (Å²) in [6.45, 7) is 2.13. The maximum absolute atomic E-state index is 6.00. The van der Waals surface area contributed by atoms with Gasteiger partial charge in [-0.05, 0) is 30.5 Å². The SMILES string of the molecule is CCCCc1nc(N)nc(N)c1-c1ccc(Cl)cc1. The summed E-state index contributed by atoms with van der Waals surface area (Å²) < 4.78 is 0. The monoisotopic (exact) mass is 276 g/mol. The van der Waals surface area contributed by atoms with Crippen LogP contribution in [0.2, 0.25) is 5.02 Å². The second-order valence-electron chi connectivity index (χ2n) is 4.40. The van der Waals surface area contributed by atoms with Crippen molar-refractivity contribution in [3.63, 3.8) is 0 Å². The van der Waals surface area contributed by atoms with E-state index in [1.165, 1.54) is 0 Å². The van der Waals surface area contributed by atoms with Gasteiger partial charge in [-0.2, -0.15) is 4.98 Å². The summed E-state index contributed by atoms with van der Waals surface area (Å²) in [5.41, 5.74) is 14.4. The number of hydrogen-bond acceptors (Lipinski definition) is 4. The summed E-state index contributed by atoms with van der Waals surface area (Å²) in [5, 5.41) is 0.689. The minimum Gasteiger partial charge on any atom is -0.383 e. The Labute approximate surface area is 117 Å². The second-order valence-corrected chi connectivity index (χ2v) is 4.84. The van der Waals surface area contributed by atoms with E-state index in [4.69, 9.17) is 23.1 Å². The third kappa shape index (κ3) is 3.15. The molecule has 1 heterocycles. The van der Waals surface area contributed by atoms with Crippen LogP contribution in [-0.4, -0.2) is 9.97 Å². The topological polar surface area (TPSA) is 77.8 Å². The van der Waals surface area contributed by atoms with E-state index in [1.807, 2.05) is 24.3 Å². The molecule has 1 aromatic heterocycles. The molecule has 5 heteroatoms. The van der Waals surface area contributed by atoms with Gasteiger partial charge < -0.3 is 11.5 Å². The van der Waals surface area contributed by atoms with Crippen LogP contribution in [0.3, 0.4) is 0 Å². The number of anilines is 2. The molecule has 0 amide bonds. The molecule has 0 spiro atoms. The molecule has 0 fully saturated rings. The maximum Gasteiger partial charge on any atom is 0.222 e. The summed E-state index contributed by atoms with van der Waals surface area (Å²) in [7, 11) is 0. The summed E-state index contributed by atoms with van der Waals surface area (Å²) >= 11 is 5.91. The van der Waals surface area contributed by atoms with Crippen molar-refractivity contribution in [3.05, 3.63) is 35.0 Å². The van der Waals surface area contributed by atoms with Crippen LogP contribution in [0.1, 0.15) is 25.5 Å². The van der Waals surface area contributed by atoms with E-state index >= 15 is 0 Å². The molecule has 2 aromatic rings. The number of unbranched alkanes of at least 4 members (excludes halogenated alkanes) is 1. The molecule has 0 unspecified atom stereocenters. The normalized spacial score (nSPS) is 10.6. The van der Waals surface area contributed by atoms with Gasteiger partial charge in [-0.15, -0.1) is 0 Å². The number of nitrogen functional groups attached to an aromatic ring is 2. The van der Waals surface area contributed by atoms with Crippen molar-refractivity contribution in [3.8, 4) is 11.1 Å². The first kappa shape index (κ1) is 13.6. The van der Waals surface area contributed by atoms with Gasteiger partial charge in [0.25, 0.3) is 0 Å². The number of halogens is 1. The average molecular weight is 277 g/mol. The number of aromatic nitrogens is 2. The smallest absolute Gasteiger partial charge is 0.222 e. The Morgan fingerprint density at radius 3 is 2.42 bits per heavy atom. The van der Waals surface area contributed by atoms with Crippen molar-refractivity contribution in [2.75, 3.05) is 11.5 Å². The fourth-order valence-corrected chi connectivity index (χ4v) is 2.13. The minimum absolute atomic E-state index is 0.223. The minimum atomic E-state index is 0.223. The number of aryl methyl sites for hydroxylation is 1. The van der Waals surface area contributed by atoms with Gasteiger partial charge in [-0.3, -0.25) is 0 Å². The van der Waals surface area contributed by atoms with Crippen LogP contribution >= 0.6 is 11.6 Å². The third-order valence-electron chi connectivity index (χ3n) is 2.93. The van der Waals surface area contributed by atoms with Crippen molar-refractivity contribution in [1.82, 2.24) is 9.97 Å².